The topological polar surface area (TPSA) is 66.7 Å². The zero-order chi connectivity index (χ0) is 17.9. The highest BCUT2D eigenvalue weighted by Crippen LogP contribution is 2.15. The molecule has 1 rings (SSSR count). The molecule has 146 valence electrons. The molecule has 0 amide bonds. The van der Waals surface area contributed by atoms with E-state index in [4.69, 9.17) is 4.74 Å². The number of aromatic nitrogens is 2. The molecule has 0 saturated heterocycles. The normalized spacial score (nSPS) is 13.0. The SMILES string of the molecule is CN=C(NCCCOCC(C)C)NCC(c1cnn(C)c1)N(C)C.I. The second-order valence-electron chi connectivity index (χ2n) is 6.63. The average Bonchev–Trinajstić information content (AvgIpc) is 2.94. The summed E-state index contributed by atoms with van der Waals surface area (Å²) in [5, 5.41) is 11.0. The third-order valence-corrected chi connectivity index (χ3v) is 3.63. The van der Waals surface area contributed by atoms with Crippen molar-refractivity contribution in [1.82, 2.24) is 25.3 Å². The van der Waals surface area contributed by atoms with Crippen LogP contribution in [0.2, 0.25) is 0 Å². The number of aryl methyl sites for hydroxylation is 1. The lowest BCUT2D eigenvalue weighted by molar-refractivity contribution is 0.108. The van der Waals surface area contributed by atoms with Gasteiger partial charge >= 0.3 is 0 Å². The molecule has 25 heavy (non-hydrogen) atoms. The maximum Gasteiger partial charge on any atom is 0.191 e. The number of hydrogen-bond acceptors (Lipinski definition) is 4. The molecular weight excluding hydrogens is 431 g/mol. The van der Waals surface area contributed by atoms with Gasteiger partial charge in [-0.1, -0.05) is 13.8 Å². The molecule has 1 aromatic heterocycles. The van der Waals surface area contributed by atoms with Crippen molar-refractivity contribution in [1.29, 1.82) is 0 Å². The Morgan fingerprint density at radius 2 is 2.08 bits per heavy atom. The van der Waals surface area contributed by atoms with E-state index in [0.29, 0.717) is 5.92 Å². The number of hydrogen-bond donors (Lipinski definition) is 2. The molecule has 0 spiro atoms. The van der Waals surface area contributed by atoms with Crippen molar-refractivity contribution >= 4 is 29.9 Å². The molecule has 0 aliphatic rings. The number of nitrogens with zero attached hydrogens (tertiary/aromatic N) is 4. The predicted molar refractivity (Wildman–Crippen MR) is 115 cm³/mol. The Bertz CT molecular complexity index is 489. The van der Waals surface area contributed by atoms with Gasteiger partial charge in [0.15, 0.2) is 5.96 Å². The van der Waals surface area contributed by atoms with Crippen LogP contribution in [-0.2, 0) is 11.8 Å². The molecular formula is C17H35IN6O. The van der Waals surface area contributed by atoms with Crippen molar-refractivity contribution in [2.24, 2.45) is 18.0 Å². The van der Waals surface area contributed by atoms with E-state index in [1.807, 2.05) is 17.9 Å². The Morgan fingerprint density at radius 3 is 2.60 bits per heavy atom. The maximum atomic E-state index is 5.58. The van der Waals surface area contributed by atoms with Crippen LogP contribution in [0.5, 0.6) is 0 Å². The minimum absolute atomic E-state index is 0. The molecule has 0 fully saturated rings. The fraction of sp³-hybridized carbons (Fsp3) is 0.765. The lowest BCUT2D eigenvalue weighted by atomic mass is 10.1. The highest BCUT2D eigenvalue weighted by molar-refractivity contribution is 14.0. The largest absolute Gasteiger partial charge is 0.381 e. The Labute approximate surface area is 169 Å². The summed E-state index contributed by atoms with van der Waals surface area (Å²) in [4.78, 5) is 6.46. The van der Waals surface area contributed by atoms with E-state index in [2.05, 4.69) is 59.8 Å². The number of aliphatic imine (C=N–C) groups is 1. The third kappa shape index (κ3) is 10.0. The molecule has 0 radical (unpaired) electrons. The van der Waals surface area contributed by atoms with Gasteiger partial charge in [-0.2, -0.15) is 5.10 Å². The second-order valence-corrected chi connectivity index (χ2v) is 6.63. The highest BCUT2D eigenvalue weighted by Gasteiger charge is 2.16. The first-order valence-electron chi connectivity index (χ1n) is 8.61. The summed E-state index contributed by atoms with van der Waals surface area (Å²) in [6.45, 7) is 7.53. The lowest BCUT2D eigenvalue weighted by Gasteiger charge is -2.24. The fourth-order valence-electron chi connectivity index (χ4n) is 2.32. The van der Waals surface area contributed by atoms with E-state index in [1.54, 1.807) is 7.05 Å². The van der Waals surface area contributed by atoms with E-state index in [0.717, 1.165) is 38.7 Å². The number of likely N-dealkylation sites (N-methyl/N-ethyl adjacent to an activating group) is 1. The summed E-state index contributed by atoms with van der Waals surface area (Å²) in [7, 11) is 7.87. The monoisotopic (exact) mass is 466 g/mol. The van der Waals surface area contributed by atoms with Gasteiger partial charge < -0.3 is 20.3 Å². The van der Waals surface area contributed by atoms with Gasteiger partial charge in [0.1, 0.15) is 0 Å². The van der Waals surface area contributed by atoms with Crippen LogP contribution in [0.4, 0.5) is 0 Å². The predicted octanol–water partition coefficient (Wildman–Crippen LogP) is 1.87. The van der Waals surface area contributed by atoms with Crippen LogP contribution >= 0.6 is 24.0 Å². The van der Waals surface area contributed by atoms with Crippen LogP contribution in [0.3, 0.4) is 0 Å². The Kier molecular flexibility index (Phi) is 12.9. The quantitative estimate of drug-likeness (QED) is 0.239. The van der Waals surface area contributed by atoms with Crippen molar-refractivity contribution in [3.8, 4) is 0 Å². The van der Waals surface area contributed by atoms with Gasteiger partial charge in [0.25, 0.3) is 0 Å². The Hall–Kier alpha value is -0.870. The Balaban J connectivity index is 0.00000576. The molecule has 1 aromatic rings. The molecule has 7 nitrogen and oxygen atoms in total. The summed E-state index contributed by atoms with van der Waals surface area (Å²) in [5.41, 5.74) is 1.19. The number of halogens is 1. The van der Waals surface area contributed by atoms with E-state index < -0.39 is 0 Å². The second kappa shape index (κ2) is 13.3. The molecule has 1 heterocycles. The van der Waals surface area contributed by atoms with Crippen LogP contribution < -0.4 is 10.6 Å². The maximum absolute atomic E-state index is 5.58. The Morgan fingerprint density at radius 1 is 1.36 bits per heavy atom. The van der Waals surface area contributed by atoms with Crippen molar-refractivity contribution < 1.29 is 4.74 Å². The first kappa shape index (κ1) is 24.1. The minimum Gasteiger partial charge on any atom is -0.381 e. The van der Waals surface area contributed by atoms with E-state index in [9.17, 15) is 0 Å². The fourth-order valence-corrected chi connectivity index (χ4v) is 2.32. The zero-order valence-electron chi connectivity index (χ0n) is 16.5. The third-order valence-electron chi connectivity index (χ3n) is 3.63. The van der Waals surface area contributed by atoms with E-state index in [-0.39, 0.29) is 30.0 Å². The minimum atomic E-state index is 0. The summed E-state index contributed by atoms with van der Waals surface area (Å²) in [6.07, 6.45) is 4.93. The molecule has 0 aliphatic heterocycles. The smallest absolute Gasteiger partial charge is 0.191 e. The summed E-state index contributed by atoms with van der Waals surface area (Å²) >= 11 is 0. The first-order chi connectivity index (χ1) is 11.4. The zero-order valence-corrected chi connectivity index (χ0v) is 18.8. The van der Waals surface area contributed by atoms with Crippen LogP contribution in [-0.4, -0.2) is 68.1 Å². The lowest BCUT2D eigenvalue weighted by Crippen LogP contribution is -2.42. The van der Waals surface area contributed by atoms with Gasteiger partial charge in [-0.3, -0.25) is 9.67 Å². The number of guanidine groups is 1. The van der Waals surface area contributed by atoms with Crippen LogP contribution in [0.25, 0.3) is 0 Å². The van der Waals surface area contributed by atoms with Crippen molar-refractivity contribution in [3.63, 3.8) is 0 Å². The number of ether oxygens (including phenoxy) is 1. The molecule has 2 N–H and O–H groups in total. The van der Waals surface area contributed by atoms with Crippen LogP contribution in [0.15, 0.2) is 17.4 Å². The van der Waals surface area contributed by atoms with Gasteiger partial charge in [0.2, 0.25) is 0 Å². The van der Waals surface area contributed by atoms with Gasteiger partial charge in [0, 0.05) is 52.2 Å². The van der Waals surface area contributed by atoms with Crippen LogP contribution in [0, 0.1) is 5.92 Å². The number of nitrogens with one attached hydrogen (secondary N) is 2. The molecule has 0 aliphatic carbocycles. The molecule has 1 atom stereocenters. The highest BCUT2D eigenvalue weighted by atomic mass is 127. The van der Waals surface area contributed by atoms with Gasteiger partial charge in [-0.05, 0) is 26.4 Å². The van der Waals surface area contributed by atoms with Gasteiger partial charge in [-0.25, -0.2) is 0 Å². The molecule has 0 aromatic carbocycles. The summed E-state index contributed by atoms with van der Waals surface area (Å²) in [6, 6.07) is 0.242. The standard InChI is InChI=1S/C17H34N6O.HI/c1-14(2)13-24-9-7-8-19-17(18-3)20-11-16(22(4)5)15-10-21-23(6)12-15;/h10,12,14,16H,7-9,11,13H2,1-6H3,(H2,18,19,20);1H. The number of rotatable bonds is 10. The van der Waals surface area contributed by atoms with Crippen molar-refractivity contribution in [2.75, 3.05) is 47.4 Å². The molecule has 8 heteroatoms. The van der Waals surface area contributed by atoms with Crippen LogP contribution in [0.1, 0.15) is 31.9 Å². The molecule has 0 bridgehead atoms. The average molecular weight is 466 g/mol. The van der Waals surface area contributed by atoms with Gasteiger partial charge in [0.05, 0.1) is 12.2 Å². The van der Waals surface area contributed by atoms with E-state index in [1.165, 1.54) is 5.56 Å². The van der Waals surface area contributed by atoms with E-state index >= 15 is 0 Å². The van der Waals surface area contributed by atoms with Gasteiger partial charge in [-0.15, -0.1) is 24.0 Å². The molecule has 0 saturated carbocycles. The summed E-state index contributed by atoms with van der Waals surface area (Å²) in [5.74, 6) is 1.40. The molecule has 1 unspecified atom stereocenters. The van der Waals surface area contributed by atoms with Crippen molar-refractivity contribution in [2.45, 2.75) is 26.3 Å². The van der Waals surface area contributed by atoms with Crippen molar-refractivity contribution in [3.05, 3.63) is 18.0 Å². The first-order valence-corrected chi connectivity index (χ1v) is 8.61. The summed E-state index contributed by atoms with van der Waals surface area (Å²) < 4.78 is 7.41.